The van der Waals surface area contributed by atoms with Gasteiger partial charge in [0.25, 0.3) is 6.43 Å². The highest BCUT2D eigenvalue weighted by atomic mass is 19.3. The van der Waals surface area contributed by atoms with E-state index in [0.29, 0.717) is 11.1 Å². The van der Waals surface area contributed by atoms with E-state index in [2.05, 4.69) is 9.72 Å². The van der Waals surface area contributed by atoms with Gasteiger partial charge in [-0.25, -0.2) is 8.78 Å². The van der Waals surface area contributed by atoms with Gasteiger partial charge in [0.15, 0.2) is 0 Å². The van der Waals surface area contributed by atoms with E-state index in [0.717, 1.165) is 0 Å². The molecule has 0 aromatic carbocycles. The van der Waals surface area contributed by atoms with Crippen LogP contribution in [0, 0.1) is 6.92 Å². The Morgan fingerprint density at radius 3 is 2.73 bits per heavy atom. The topological polar surface area (TPSA) is 39.2 Å². The van der Waals surface area contributed by atoms with Crippen LogP contribution in [0.25, 0.3) is 0 Å². The van der Waals surface area contributed by atoms with Crippen LogP contribution < -0.4 is 0 Å². The molecule has 0 aliphatic carbocycles. The number of carbonyl (C=O) groups is 1. The lowest BCUT2D eigenvalue weighted by atomic mass is 10.1. The number of nitrogens with zero attached hydrogens (tertiary/aromatic N) is 1. The fraction of sp³-hybridized carbons (Fsp3) is 0.400. The Morgan fingerprint density at radius 1 is 1.60 bits per heavy atom. The number of alkyl halides is 2. The van der Waals surface area contributed by atoms with Crippen LogP contribution in [0.5, 0.6) is 0 Å². The SMILES string of the molecule is COC(=O)Cc1cnc(C(F)F)cc1C. The minimum absolute atomic E-state index is 0.0544. The van der Waals surface area contributed by atoms with E-state index in [1.165, 1.54) is 19.4 Å². The average molecular weight is 215 g/mol. The van der Waals surface area contributed by atoms with Crippen LogP contribution in [0.15, 0.2) is 12.3 Å². The molecule has 0 N–H and O–H groups in total. The van der Waals surface area contributed by atoms with Gasteiger partial charge in [-0.15, -0.1) is 0 Å². The number of esters is 1. The molecule has 0 aliphatic rings. The first-order chi connectivity index (χ1) is 7.04. The van der Waals surface area contributed by atoms with Crippen molar-refractivity contribution in [2.45, 2.75) is 19.8 Å². The van der Waals surface area contributed by atoms with E-state index >= 15 is 0 Å². The van der Waals surface area contributed by atoms with Crippen LogP contribution in [0.4, 0.5) is 8.78 Å². The van der Waals surface area contributed by atoms with Gasteiger partial charge in [0, 0.05) is 6.20 Å². The lowest BCUT2D eigenvalue weighted by molar-refractivity contribution is -0.139. The number of aryl methyl sites for hydroxylation is 1. The number of halogens is 2. The summed E-state index contributed by atoms with van der Waals surface area (Å²) in [6, 6.07) is 1.28. The molecule has 0 radical (unpaired) electrons. The Bertz CT molecular complexity index is 366. The van der Waals surface area contributed by atoms with E-state index in [9.17, 15) is 13.6 Å². The van der Waals surface area contributed by atoms with Crippen LogP contribution in [-0.4, -0.2) is 18.1 Å². The summed E-state index contributed by atoms with van der Waals surface area (Å²) in [4.78, 5) is 14.5. The molecule has 0 unspecified atom stereocenters. The molecule has 1 aromatic heterocycles. The zero-order valence-electron chi connectivity index (χ0n) is 8.46. The van der Waals surface area contributed by atoms with Gasteiger partial charge < -0.3 is 4.74 Å². The van der Waals surface area contributed by atoms with Gasteiger partial charge in [-0.2, -0.15) is 0 Å². The lowest BCUT2D eigenvalue weighted by Crippen LogP contribution is -2.07. The molecule has 1 rings (SSSR count). The molecular weight excluding hydrogens is 204 g/mol. The van der Waals surface area contributed by atoms with Gasteiger partial charge in [0.05, 0.1) is 13.5 Å². The quantitative estimate of drug-likeness (QED) is 0.724. The molecule has 0 bridgehead atoms. The summed E-state index contributed by atoms with van der Waals surface area (Å²) in [5.74, 6) is -0.412. The van der Waals surface area contributed by atoms with E-state index in [4.69, 9.17) is 0 Å². The molecule has 1 aromatic rings. The van der Waals surface area contributed by atoms with Gasteiger partial charge in [-0.05, 0) is 24.1 Å². The maximum atomic E-state index is 12.3. The highest BCUT2D eigenvalue weighted by molar-refractivity contribution is 5.72. The lowest BCUT2D eigenvalue weighted by Gasteiger charge is -2.06. The molecule has 15 heavy (non-hydrogen) atoms. The van der Waals surface area contributed by atoms with E-state index in [1.54, 1.807) is 6.92 Å². The summed E-state index contributed by atoms with van der Waals surface area (Å²) in [6.45, 7) is 1.66. The van der Waals surface area contributed by atoms with Crippen LogP contribution >= 0.6 is 0 Å². The summed E-state index contributed by atoms with van der Waals surface area (Å²) in [5.41, 5.74) is 0.943. The highest BCUT2D eigenvalue weighted by Gasteiger charge is 2.12. The second-order valence-electron chi connectivity index (χ2n) is 3.09. The number of hydrogen-bond donors (Lipinski definition) is 0. The number of hydrogen-bond acceptors (Lipinski definition) is 3. The van der Waals surface area contributed by atoms with Crippen LogP contribution in [-0.2, 0) is 16.0 Å². The van der Waals surface area contributed by atoms with Crippen molar-refractivity contribution in [3.63, 3.8) is 0 Å². The minimum Gasteiger partial charge on any atom is -0.469 e. The predicted molar refractivity (Wildman–Crippen MR) is 49.7 cm³/mol. The first kappa shape index (κ1) is 11.6. The normalized spacial score (nSPS) is 10.5. The zero-order valence-corrected chi connectivity index (χ0v) is 8.46. The van der Waals surface area contributed by atoms with Crippen molar-refractivity contribution < 1.29 is 18.3 Å². The van der Waals surface area contributed by atoms with Crippen molar-refractivity contribution >= 4 is 5.97 Å². The first-order valence-electron chi connectivity index (χ1n) is 4.35. The molecule has 0 amide bonds. The van der Waals surface area contributed by atoms with Crippen LogP contribution in [0.2, 0.25) is 0 Å². The minimum atomic E-state index is -2.59. The second-order valence-corrected chi connectivity index (χ2v) is 3.09. The van der Waals surface area contributed by atoms with Gasteiger partial charge in [0.2, 0.25) is 0 Å². The smallest absolute Gasteiger partial charge is 0.310 e. The summed E-state index contributed by atoms with van der Waals surface area (Å²) in [6.07, 6.45) is -1.25. The van der Waals surface area contributed by atoms with Crippen molar-refractivity contribution in [2.24, 2.45) is 0 Å². The number of rotatable bonds is 3. The molecule has 82 valence electrons. The molecule has 0 spiro atoms. The van der Waals surface area contributed by atoms with Crippen molar-refractivity contribution in [3.05, 3.63) is 29.1 Å². The molecular formula is C10H11F2NO2. The number of pyridine rings is 1. The molecule has 5 heteroatoms. The molecule has 1 heterocycles. The monoisotopic (exact) mass is 215 g/mol. The van der Waals surface area contributed by atoms with Gasteiger partial charge in [0.1, 0.15) is 5.69 Å². The third kappa shape index (κ3) is 2.97. The molecule has 3 nitrogen and oxygen atoms in total. The predicted octanol–water partition coefficient (Wildman–Crippen LogP) is 2.04. The number of carbonyl (C=O) groups excluding carboxylic acids is 1. The Balaban J connectivity index is 2.88. The van der Waals surface area contributed by atoms with Gasteiger partial charge >= 0.3 is 5.97 Å². The third-order valence-corrected chi connectivity index (χ3v) is 2.03. The molecule has 0 fully saturated rings. The molecule has 0 saturated heterocycles. The second kappa shape index (κ2) is 4.82. The third-order valence-electron chi connectivity index (χ3n) is 2.03. The summed E-state index contributed by atoms with van der Waals surface area (Å²) < 4.78 is 29.0. The zero-order chi connectivity index (χ0) is 11.4. The average Bonchev–Trinajstić information content (AvgIpc) is 2.20. The van der Waals surface area contributed by atoms with Crippen LogP contribution in [0.1, 0.15) is 23.2 Å². The maximum Gasteiger partial charge on any atom is 0.310 e. The Labute approximate surface area is 86.1 Å². The standard InChI is InChI=1S/C10H11F2NO2/c1-6-3-8(10(11)12)13-5-7(6)4-9(14)15-2/h3,5,10H,4H2,1-2H3. The Hall–Kier alpha value is -1.52. The van der Waals surface area contributed by atoms with Crippen molar-refractivity contribution in [2.75, 3.05) is 7.11 Å². The summed E-state index contributed by atoms with van der Waals surface area (Å²) in [5, 5.41) is 0. The molecule has 0 aliphatic heterocycles. The largest absolute Gasteiger partial charge is 0.469 e. The number of aromatic nitrogens is 1. The molecule has 0 saturated carbocycles. The van der Waals surface area contributed by atoms with Crippen molar-refractivity contribution in [1.82, 2.24) is 4.98 Å². The van der Waals surface area contributed by atoms with Gasteiger partial charge in [-0.3, -0.25) is 9.78 Å². The number of methoxy groups -OCH3 is 1. The number of ether oxygens (including phenoxy) is 1. The summed E-state index contributed by atoms with van der Waals surface area (Å²) >= 11 is 0. The molecule has 0 atom stereocenters. The van der Waals surface area contributed by atoms with Gasteiger partial charge in [-0.1, -0.05) is 0 Å². The van der Waals surface area contributed by atoms with Crippen molar-refractivity contribution in [3.8, 4) is 0 Å². The van der Waals surface area contributed by atoms with E-state index in [1.807, 2.05) is 0 Å². The van der Waals surface area contributed by atoms with E-state index < -0.39 is 12.4 Å². The fourth-order valence-corrected chi connectivity index (χ4v) is 1.14. The first-order valence-corrected chi connectivity index (χ1v) is 4.35. The van der Waals surface area contributed by atoms with E-state index in [-0.39, 0.29) is 12.1 Å². The maximum absolute atomic E-state index is 12.3. The Morgan fingerprint density at radius 2 is 2.27 bits per heavy atom. The Kier molecular flexibility index (Phi) is 3.71. The highest BCUT2D eigenvalue weighted by Crippen LogP contribution is 2.19. The fourth-order valence-electron chi connectivity index (χ4n) is 1.14. The van der Waals surface area contributed by atoms with Crippen LogP contribution in [0.3, 0.4) is 0 Å². The van der Waals surface area contributed by atoms with Crippen molar-refractivity contribution in [1.29, 1.82) is 0 Å². The summed E-state index contributed by atoms with van der Waals surface area (Å²) in [7, 11) is 1.28.